The standard InChI is InChI=1S/C18H18F9N5/c1-32(2)7-3-6-28-15-30-13(18(25,26)27)9-14(31-15)29-12-5-4-10(16(19,20)21)8-11(12)17(22,23)24/h4-5,8-9H,3,6-7H2,1-2H3,(H2,28,29,30,31). The van der Waals surface area contributed by atoms with Gasteiger partial charge < -0.3 is 15.5 Å². The third kappa shape index (κ3) is 7.14. The molecule has 2 N–H and O–H groups in total. The molecule has 0 unspecified atom stereocenters. The maximum absolute atomic E-state index is 13.3. The van der Waals surface area contributed by atoms with E-state index >= 15 is 0 Å². The molecule has 1 heterocycles. The number of nitrogens with one attached hydrogen (secondary N) is 2. The number of anilines is 3. The largest absolute Gasteiger partial charge is 0.433 e. The van der Waals surface area contributed by atoms with Gasteiger partial charge in [0.25, 0.3) is 0 Å². The van der Waals surface area contributed by atoms with Gasteiger partial charge in [-0.1, -0.05) is 0 Å². The first-order valence-corrected chi connectivity index (χ1v) is 8.97. The highest BCUT2D eigenvalue weighted by Crippen LogP contribution is 2.40. The van der Waals surface area contributed by atoms with E-state index in [1.807, 2.05) is 10.2 Å². The summed E-state index contributed by atoms with van der Waals surface area (Å²) in [5.41, 5.74) is -5.60. The summed E-state index contributed by atoms with van der Waals surface area (Å²) in [5.74, 6) is -1.17. The summed E-state index contributed by atoms with van der Waals surface area (Å²) in [4.78, 5) is 8.85. The highest BCUT2D eigenvalue weighted by Gasteiger charge is 2.39. The predicted octanol–water partition coefficient (Wildman–Crippen LogP) is 5.64. The van der Waals surface area contributed by atoms with Crippen LogP contribution < -0.4 is 10.6 Å². The lowest BCUT2D eigenvalue weighted by Gasteiger charge is -2.18. The molecule has 178 valence electrons. The molecule has 0 saturated heterocycles. The van der Waals surface area contributed by atoms with Crippen LogP contribution in [0, 0.1) is 0 Å². The van der Waals surface area contributed by atoms with Gasteiger partial charge >= 0.3 is 18.5 Å². The summed E-state index contributed by atoms with van der Waals surface area (Å²) >= 11 is 0. The Kier molecular flexibility index (Phi) is 7.47. The van der Waals surface area contributed by atoms with Crippen LogP contribution in [0.3, 0.4) is 0 Å². The molecule has 5 nitrogen and oxygen atoms in total. The van der Waals surface area contributed by atoms with Gasteiger partial charge in [-0.2, -0.15) is 44.5 Å². The van der Waals surface area contributed by atoms with Crippen molar-refractivity contribution in [2.45, 2.75) is 24.9 Å². The monoisotopic (exact) mass is 475 g/mol. The normalized spacial score (nSPS) is 12.9. The maximum atomic E-state index is 13.3. The molecule has 0 fully saturated rings. The Hall–Kier alpha value is -2.77. The minimum Gasteiger partial charge on any atom is -0.354 e. The van der Waals surface area contributed by atoms with Gasteiger partial charge in [-0.25, -0.2) is 4.98 Å². The van der Waals surface area contributed by atoms with Crippen LogP contribution in [-0.4, -0.2) is 42.1 Å². The quantitative estimate of drug-likeness (QED) is 0.401. The third-order valence-electron chi connectivity index (χ3n) is 4.00. The van der Waals surface area contributed by atoms with E-state index in [9.17, 15) is 39.5 Å². The summed E-state index contributed by atoms with van der Waals surface area (Å²) in [6.07, 6.45) is -14.7. The van der Waals surface area contributed by atoms with Gasteiger partial charge in [-0.3, -0.25) is 0 Å². The Morgan fingerprint density at radius 1 is 0.844 bits per heavy atom. The Labute approximate surface area is 176 Å². The van der Waals surface area contributed by atoms with E-state index in [1.54, 1.807) is 14.1 Å². The van der Waals surface area contributed by atoms with Crippen molar-refractivity contribution in [3.63, 3.8) is 0 Å². The van der Waals surface area contributed by atoms with Gasteiger partial charge in [0, 0.05) is 12.6 Å². The number of hydrogen-bond acceptors (Lipinski definition) is 5. The number of rotatable bonds is 7. The van der Waals surface area contributed by atoms with Crippen molar-refractivity contribution in [1.82, 2.24) is 14.9 Å². The lowest BCUT2D eigenvalue weighted by Crippen LogP contribution is -2.18. The zero-order valence-electron chi connectivity index (χ0n) is 16.7. The van der Waals surface area contributed by atoms with E-state index in [0.717, 1.165) is 0 Å². The van der Waals surface area contributed by atoms with Crippen LogP contribution in [-0.2, 0) is 18.5 Å². The number of halogens is 9. The number of benzene rings is 1. The second kappa shape index (κ2) is 9.38. The van der Waals surface area contributed by atoms with Gasteiger partial charge in [0.1, 0.15) is 5.82 Å². The smallest absolute Gasteiger partial charge is 0.354 e. The second-order valence-corrected chi connectivity index (χ2v) is 6.92. The minimum atomic E-state index is -5.21. The average Bonchev–Trinajstić information content (AvgIpc) is 2.63. The fourth-order valence-electron chi connectivity index (χ4n) is 2.53. The highest BCUT2D eigenvalue weighted by atomic mass is 19.4. The maximum Gasteiger partial charge on any atom is 0.433 e. The zero-order valence-corrected chi connectivity index (χ0v) is 16.7. The third-order valence-corrected chi connectivity index (χ3v) is 4.00. The Morgan fingerprint density at radius 3 is 2.03 bits per heavy atom. The van der Waals surface area contributed by atoms with Gasteiger partial charge in [0.05, 0.1) is 16.8 Å². The molecule has 14 heteroatoms. The first-order chi connectivity index (χ1) is 14.6. The van der Waals surface area contributed by atoms with Crippen molar-refractivity contribution < 1.29 is 39.5 Å². The van der Waals surface area contributed by atoms with Crippen molar-refractivity contribution in [2.75, 3.05) is 37.8 Å². The van der Waals surface area contributed by atoms with Crippen LogP contribution in [0.2, 0.25) is 0 Å². The molecular weight excluding hydrogens is 457 g/mol. The van der Waals surface area contributed by atoms with E-state index in [0.29, 0.717) is 31.2 Å². The van der Waals surface area contributed by atoms with Crippen LogP contribution in [0.1, 0.15) is 23.2 Å². The van der Waals surface area contributed by atoms with E-state index in [-0.39, 0.29) is 12.6 Å². The van der Waals surface area contributed by atoms with Gasteiger partial charge in [0.15, 0.2) is 5.69 Å². The van der Waals surface area contributed by atoms with Crippen LogP contribution in [0.5, 0.6) is 0 Å². The average molecular weight is 475 g/mol. The van der Waals surface area contributed by atoms with Crippen molar-refractivity contribution in [3.05, 3.63) is 41.1 Å². The molecule has 2 rings (SSSR count). The molecule has 0 spiro atoms. The molecule has 0 aliphatic carbocycles. The topological polar surface area (TPSA) is 53.1 Å². The van der Waals surface area contributed by atoms with Gasteiger partial charge in [-0.15, -0.1) is 0 Å². The zero-order chi connectivity index (χ0) is 24.3. The Bertz CT molecular complexity index is 921. The number of alkyl halides is 9. The van der Waals surface area contributed by atoms with E-state index in [1.165, 1.54) is 0 Å². The first kappa shape index (κ1) is 25.5. The predicted molar refractivity (Wildman–Crippen MR) is 98.4 cm³/mol. The molecule has 0 atom stereocenters. The van der Waals surface area contributed by atoms with E-state index < -0.39 is 52.8 Å². The summed E-state index contributed by atoms with van der Waals surface area (Å²) < 4.78 is 118. The number of aromatic nitrogens is 2. The molecular formula is C18H18F9N5. The number of nitrogens with zero attached hydrogens (tertiary/aromatic N) is 3. The molecule has 1 aromatic carbocycles. The number of hydrogen-bond donors (Lipinski definition) is 2. The summed E-state index contributed by atoms with van der Waals surface area (Å²) in [6.45, 7) is 0.768. The lowest BCUT2D eigenvalue weighted by atomic mass is 10.1. The lowest BCUT2D eigenvalue weighted by molar-refractivity contribution is -0.143. The van der Waals surface area contributed by atoms with E-state index in [4.69, 9.17) is 0 Å². The minimum absolute atomic E-state index is 0.130. The summed E-state index contributed by atoms with van der Waals surface area (Å²) in [7, 11) is 3.57. The Balaban J connectivity index is 2.41. The summed E-state index contributed by atoms with van der Waals surface area (Å²) in [6, 6.07) is 1.09. The summed E-state index contributed by atoms with van der Waals surface area (Å²) in [5, 5.41) is 4.59. The van der Waals surface area contributed by atoms with Gasteiger partial charge in [0.2, 0.25) is 5.95 Å². The van der Waals surface area contributed by atoms with Crippen LogP contribution in [0.15, 0.2) is 24.3 Å². The van der Waals surface area contributed by atoms with Crippen molar-refractivity contribution in [3.8, 4) is 0 Å². The fourth-order valence-corrected chi connectivity index (χ4v) is 2.53. The highest BCUT2D eigenvalue weighted by molar-refractivity contribution is 5.63. The second-order valence-electron chi connectivity index (χ2n) is 6.92. The van der Waals surface area contributed by atoms with Crippen molar-refractivity contribution in [2.24, 2.45) is 0 Å². The van der Waals surface area contributed by atoms with Crippen LogP contribution >= 0.6 is 0 Å². The fraction of sp³-hybridized carbons (Fsp3) is 0.444. The SMILES string of the molecule is CN(C)CCCNc1nc(Nc2ccc(C(F)(F)F)cc2C(F)(F)F)cc(C(F)(F)F)n1. The van der Waals surface area contributed by atoms with Gasteiger partial charge in [-0.05, 0) is 45.3 Å². The molecule has 0 saturated carbocycles. The van der Waals surface area contributed by atoms with Crippen LogP contribution in [0.25, 0.3) is 0 Å². The molecule has 0 aliphatic heterocycles. The molecule has 0 bridgehead atoms. The molecule has 32 heavy (non-hydrogen) atoms. The molecule has 0 aliphatic rings. The molecule has 0 radical (unpaired) electrons. The van der Waals surface area contributed by atoms with E-state index in [2.05, 4.69) is 15.3 Å². The molecule has 1 aromatic heterocycles. The first-order valence-electron chi connectivity index (χ1n) is 8.97. The van der Waals surface area contributed by atoms with Crippen molar-refractivity contribution in [1.29, 1.82) is 0 Å². The molecule has 2 aromatic rings. The van der Waals surface area contributed by atoms with Crippen LogP contribution in [0.4, 0.5) is 57.0 Å². The van der Waals surface area contributed by atoms with Crippen molar-refractivity contribution >= 4 is 17.5 Å². The molecule has 0 amide bonds. The Morgan fingerprint density at radius 2 is 1.50 bits per heavy atom.